The van der Waals surface area contributed by atoms with Crippen LogP contribution in [0.2, 0.25) is 0 Å². The quantitative estimate of drug-likeness (QED) is 0.589. The molecule has 0 spiro atoms. The maximum Gasteiger partial charge on any atom is 0.153 e. The van der Waals surface area contributed by atoms with E-state index in [-0.39, 0.29) is 0 Å². The van der Waals surface area contributed by atoms with Gasteiger partial charge < -0.3 is 0 Å². The van der Waals surface area contributed by atoms with E-state index >= 15 is 0 Å². The van der Waals surface area contributed by atoms with Gasteiger partial charge in [-0.1, -0.05) is 39.5 Å². The van der Waals surface area contributed by atoms with Crippen LogP contribution in [0.5, 0.6) is 0 Å². The molecule has 106 valence electrons. The molecule has 1 aromatic rings. The number of hydrogen-bond donors (Lipinski definition) is 0. The zero-order valence-electron chi connectivity index (χ0n) is 12.3. The van der Waals surface area contributed by atoms with E-state index in [0.717, 1.165) is 30.5 Å². The van der Waals surface area contributed by atoms with Gasteiger partial charge in [-0.05, 0) is 25.2 Å². The van der Waals surface area contributed by atoms with Crippen LogP contribution in [0.25, 0.3) is 0 Å². The van der Waals surface area contributed by atoms with Crippen molar-refractivity contribution in [2.45, 2.75) is 71.3 Å². The van der Waals surface area contributed by atoms with E-state index in [1.165, 1.54) is 38.5 Å². The van der Waals surface area contributed by atoms with Gasteiger partial charge in [0.1, 0.15) is 0 Å². The van der Waals surface area contributed by atoms with Crippen LogP contribution in [0, 0.1) is 5.92 Å². The second-order valence-corrected chi connectivity index (χ2v) is 6.22. The van der Waals surface area contributed by atoms with E-state index < -0.39 is 0 Å². The Morgan fingerprint density at radius 2 is 2.00 bits per heavy atom. The fourth-order valence-corrected chi connectivity index (χ4v) is 2.92. The zero-order chi connectivity index (χ0) is 13.7. The average Bonchev–Trinajstić information content (AvgIpc) is 2.62. The highest BCUT2D eigenvalue weighted by molar-refractivity contribution is 5.76. The molecule has 0 amide bonds. The van der Waals surface area contributed by atoms with Crippen molar-refractivity contribution in [2.75, 3.05) is 0 Å². The fraction of sp³-hybridized carbons (Fsp3) is 0.750. The normalized spacial score (nSPS) is 17.6. The van der Waals surface area contributed by atoms with E-state index in [9.17, 15) is 4.79 Å². The third-order valence-corrected chi connectivity index (χ3v) is 4.12. The molecule has 0 N–H and O–H groups in total. The lowest BCUT2D eigenvalue weighted by Crippen LogP contribution is -2.05. The SMILES string of the molecule is CC(C)CCn1cc(C=O)c(C2CCCCCC2)n1. The third-order valence-electron chi connectivity index (χ3n) is 4.12. The number of carbonyl (C=O) groups is 1. The van der Waals surface area contributed by atoms with Crippen molar-refractivity contribution in [3.63, 3.8) is 0 Å². The van der Waals surface area contributed by atoms with E-state index in [4.69, 9.17) is 5.10 Å². The van der Waals surface area contributed by atoms with Crippen molar-refractivity contribution in [1.29, 1.82) is 0 Å². The second-order valence-electron chi connectivity index (χ2n) is 6.22. The lowest BCUT2D eigenvalue weighted by Gasteiger charge is -2.11. The topological polar surface area (TPSA) is 34.9 Å². The van der Waals surface area contributed by atoms with Crippen LogP contribution in [0.1, 0.15) is 80.8 Å². The highest BCUT2D eigenvalue weighted by Crippen LogP contribution is 2.32. The summed E-state index contributed by atoms with van der Waals surface area (Å²) in [5.74, 6) is 1.17. The van der Waals surface area contributed by atoms with Crippen LogP contribution in [-0.2, 0) is 6.54 Å². The molecule has 0 bridgehead atoms. The summed E-state index contributed by atoms with van der Waals surface area (Å²) in [5, 5.41) is 4.70. The van der Waals surface area contributed by atoms with Crippen LogP contribution in [0.15, 0.2) is 6.20 Å². The Hall–Kier alpha value is -1.12. The molecule has 0 atom stereocenters. The Morgan fingerprint density at radius 1 is 1.32 bits per heavy atom. The van der Waals surface area contributed by atoms with Crippen LogP contribution in [0.3, 0.4) is 0 Å². The van der Waals surface area contributed by atoms with Gasteiger partial charge in [0.15, 0.2) is 6.29 Å². The average molecular weight is 262 g/mol. The molecular formula is C16H26N2O. The fourth-order valence-electron chi connectivity index (χ4n) is 2.92. The van der Waals surface area contributed by atoms with E-state index in [1.807, 2.05) is 10.9 Å². The van der Waals surface area contributed by atoms with Gasteiger partial charge in [-0.25, -0.2) is 0 Å². The standard InChI is InChI=1S/C16H26N2O/c1-13(2)9-10-18-11-15(12-19)16(17-18)14-7-5-3-4-6-8-14/h11-14H,3-10H2,1-2H3. The smallest absolute Gasteiger partial charge is 0.153 e. The highest BCUT2D eigenvalue weighted by atomic mass is 16.1. The molecule has 3 heteroatoms. The second kappa shape index (κ2) is 6.88. The van der Waals surface area contributed by atoms with Crippen molar-refractivity contribution in [2.24, 2.45) is 5.92 Å². The number of nitrogens with zero attached hydrogens (tertiary/aromatic N) is 2. The predicted octanol–water partition coefficient (Wildman–Crippen LogP) is 4.18. The van der Waals surface area contributed by atoms with Gasteiger partial charge in [-0.2, -0.15) is 5.10 Å². The summed E-state index contributed by atoms with van der Waals surface area (Å²) >= 11 is 0. The molecule has 1 aliphatic carbocycles. The molecule has 0 unspecified atom stereocenters. The summed E-state index contributed by atoms with van der Waals surface area (Å²) in [7, 11) is 0. The molecule has 2 rings (SSSR count). The van der Waals surface area contributed by atoms with Gasteiger partial charge in [0.2, 0.25) is 0 Å². The summed E-state index contributed by atoms with van der Waals surface area (Å²) in [6, 6.07) is 0. The largest absolute Gasteiger partial charge is 0.298 e. The van der Waals surface area contributed by atoms with Gasteiger partial charge in [0, 0.05) is 18.7 Å². The molecule has 0 radical (unpaired) electrons. The molecule has 1 fully saturated rings. The predicted molar refractivity (Wildman–Crippen MR) is 77.5 cm³/mol. The first-order chi connectivity index (χ1) is 9.20. The minimum Gasteiger partial charge on any atom is -0.298 e. The maximum atomic E-state index is 11.3. The molecule has 1 saturated carbocycles. The van der Waals surface area contributed by atoms with E-state index in [0.29, 0.717) is 11.8 Å². The molecule has 1 heterocycles. The summed E-state index contributed by atoms with van der Waals surface area (Å²) in [5.41, 5.74) is 1.87. The molecule has 1 aliphatic rings. The van der Waals surface area contributed by atoms with Gasteiger partial charge in [-0.3, -0.25) is 9.48 Å². The Labute approximate surface area is 116 Å². The van der Waals surface area contributed by atoms with Gasteiger partial charge in [0.05, 0.1) is 11.3 Å². The summed E-state index contributed by atoms with van der Waals surface area (Å²) < 4.78 is 1.98. The maximum absolute atomic E-state index is 11.3. The molecular weight excluding hydrogens is 236 g/mol. The number of aromatic nitrogens is 2. The first-order valence-electron chi connectivity index (χ1n) is 7.73. The highest BCUT2D eigenvalue weighted by Gasteiger charge is 2.20. The van der Waals surface area contributed by atoms with Crippen molar-refractivity contribution in [1.82, 2.24) is 9.78 Å². The minimum absolute atomic E-state index is 0.503. The molecule has 19 heavy (non-hydrogen) atoms. The number of aldehydes is 1. The molecule has 1 aromatic heterocycles. The van der Waals surface area contributed by atoms with Crippen LogP contribution in [-0.4, -0.2) is 16.1 Å². The Bertz CT molecular complexity index is 401. The first-order valence-corrected chi connectivity index (χ1v) is 7.73. The first kappa shape index (κ1) is 14.3. The molecule has 3 nitrogen and oxygen atoms in total. The van der Waals surface area contributed by atoms with E-state index in [1.54, 1.807) is 0 Å². The lowest BCUT2D eigenvalue weighted by atomic mass is 9.94. The number of hydrogen-bond acceptors (Lipinski definition) is 2. The Morgan fingerprint density at radius 3 is 2.58 bits per heavy atom. The Balaban J connectivity index is 2.11. The number of rotatable bonds is 5. The summed E-state index contributed by atoms with van der Waals surface area (Å²) in [4.78, 5) is 11.3. The third kappa shape index (κ3) is 3.92. The van der Waals surface area contributed by atoms with Crippen molar-refractivity contribution < 1.29 is 4.79 Å². The summed E-state index contributed by atoms with van der Waals surface area (Å²) in [6.07, 6.45) is 11.7. The molecule has 0 saturated heterocycles. The number of carbonyl (C=O) groups excluding carboxylic acids is 1. The summed E-state index contributed by atoms with van der Waals surface area (Å²) in [6.45, 7) is 5.36. The van der Waals surface area contributed by atoms with Crippen LogP contribution < -0.4 is 0 Å². The van der Waals surface area contributed by atoms with Gasteiger partial charge in [-0.15, -0.1) is 0 Å². The van der Waals surface area contributed by atoms with Crippen molar-refractivity contribution in [3.8, 4) is 0 Å². The van der Waals surface area contributed by atoms with Gasteiger partial charge >= 0.3 is 0 Å². The van der Waals surface area contributed by atoms with Crippen LogP contribution >= 0.6 is 0 Å². The zero-order valence-corrected chi connectivity index (χ0v) is 12.3. The van der Waals surface area contributed by atoms with Gasteiger partial charge in [0.25, 0.3) is 0 Å². The molecule has 0 aromatic carbocycles. The lowest BCUT2D eigenvalue weighted by molar-refractivity contribution is 0.112. The van der Waals surface area contributed by atoms with Crippen molar-refractivity contribution in [3.05, 3.63) is 17.5 Å². The van der Waals surface area contributed by atoms with Crippen LogP contribution in [0.4, 0.5) is 0 Å². The molecule has 0 aliphatic heterocycles. The van der Waals surface area contributed by atoms with E-state index in [2.05, 4.69) is 13.8 Å². The van der Waals surface area contributed by atoms with Crippen molar-refractivity contribution >= 4 is 6.29 Å². The number of aryl methyl sites for hydroxylation is 1. The monoisotopic (exact) mass is 262 g/mol. The minimum atomic E-state index is 0.503. The Kier molecular flexibility index (Phi) is 5.17.